The third kappa shape index (κ3) is 5.40. The molecule has 0 aliphatic carbocycles. The molecule has 2 N–H and O–H groups in total. The average Bonchev–Trinajstić information content (AvgIpc) is 2.35. The molecule has 0 aliphatic heterocycles. The lowest BCUT2D eigenvalue weighted by molar-refractivity contribution is -0.140. The number of nitrogen functional groups attached to an aromatic ring is 1. The van der Waals surface area contributed by atoms with Gasteiger partial charge in [-0.3, -0.25) is 4.79 Å². The van der Waals surface area contributed by atoms with Gasteiger partial charge in [0.1, 0.15) is 5.75 Å². The minimum atomic E-state index is -0.159. The molecule has 1 aromatic rings. The monoisotopic (exact) mass is 315 g/mol. The van der Waals surface area contributed by atoms with E-state index < -0.39 is 0 Å². The van der Waals surface area contributed by atoms with Gasteiger partial charge in [-0.15, -0.1) is 0 Å². The normalized spacial score (nSPS) is 10.1. The number of rotatable bonds is 7. The Kier molecular flexibility index (Phi) is 6.57. The third-order valence-corrected chi connectivity index (χ3v) is 2.98. The van der Waals surface area contributed by atoms with Gasteiger partial charge in [0.2, 0.25) is 0 Å². The number of unbranched alkanes of at least 4 members (excludes halogenated alkanes) is 2. The summed E-state index contributed by atoms with van der Waals surface area (Å²) in [5.41, 5.74) is 6.43. The van der Waals surface area contributed by atoms with Crippen LogP contribution < -0.4 is 10.5 Å². The van der Waals surface area contributed by atoms with E-state index in [2.05, 4.69) is 20.7 Å². The van der Waals surface area contributed by atoms with Crippen LogP contribution in [0.3, 0.4) is 0 Å². The molecule has 0 unspecified atom stereocenters. The molecule has 5 heteroatoms. The van der Waals surface area contributed by atoms with E-state index >= 15 is 0 Å². The van der Waals surface area contributed by atoms with Crippen molar-refractivity contribution in [3.63, 3.8) is 0 Å². The minimum absolute atomic E-state index is 0.159. The van der Waals surface area contributed by atoms with Gasteiger partial charge in [-0.2, -0.15) is 0 Å². The topological polar surface area (TPSA) is 61.5 Å². The van der Waals surface area contributed by atoms with Crippen LogP contribution in [0.4, 0.5) is 5.69 Å². The van der Waals surface area contributed by atoms with E-state index in [-0.39, 0.29) is 5.97 Å². The van der Waals surface area contributed by atoms with E-state index in [0.717, 1.165) is 23.7 Å². The molecule has 0 aromatic heterocycles. The van der Waals surface area contributed by atoms with Crippen molar-refractivity contribution in [3.8, 4) is 5.75 Å². The van der Waals surface area contributed by atoms with Gasteiger partial charge in [0.25, 0.3) is 0 Å². The highest BCUT2D eigenvalue weighted by Gasteiger charge is 2.02. The van der Waals surface area contributed by atoms with Gasteiger partial charge in [-0.05, 0) is 37.5 Å². The molecule has 0 atom stereocenters. The summed E-state index contributed by atoms with van der Waals surface area (Å²) in [7, 11) is 1.40. The van der Waals surface area contributed by atoms with Crippen LogP contribution in [0.25, 0.3) is 0 Å². The second-order valence-corrected chi connectivity index (χ2v) is 4.83. The molecule has 18 heavy (non-hydrogen) atoms. The Morgan fingerprint density at radius 3 is 2.78 bits per heavy atom. The summed E-state index contributed by atoms with van der Waals surface area (Å²) < 4.78 is 11.1. The number of benzene rings is 1. The van der Waals surface area contributed by atoms with Crippen molar-refractivity contribution in [3.05, 3.63) is 22.7 Å². The van der Waals surface area contributed by atoms with Crippen LogP contribution in [-0.2, 0) is 9.53 Å². The van der Waals surface area contributed by atoms with E-state index in [1.54, 1.807) is 0 Å². The fourth-order valence-electron chi connectivity index (χ4n) is 1.48. The molecular formula is C13H18BrNO3. The third-order valence-electron chi connectivity index (χ3n) is 2.48. The summed E-state index contributed by atoms with van der Waals surface area (Å²) in [5, 5.41) is 0. The van der Waals surface area contributed by atoms with E-state index in [9.17, 15) is 4.79 Å². The lowest BCUT2D eigenvalue weighted by Gasteiger charge is -2.08. The van der Waals surface area contributed by atoms with Crippen molar-refractivity contribution in [2.24, 2.45) is 0 Å². The molecule has 100 valence electrons. The van der Waals surface area contributed by atoms with Crippen LogP contribution in [-0.4, -0.2) is 19.7 Å². The second kappa shape index (κ2) is 7.97. The molecule has 0 bridgehead atoms. The molecule has 1 rings (SSSR count). The molecule has 0 radical (unpaired) electrons. The number of nitrogens with two attached hydrogens (primary N) is 1. The minimum Gasteiger partial charge on any atom is -0.491 e. The van der Waals surface area contributed by atoms with Crippen LogP contribution in [0, 0.1) is 0 Å². The highest BCUT2D eigenvalue weighted by molar-refractivity contribution is 9.10. The Morgan fingerprint density at radius 1 is 1.33 bits per heavy atom. The van der Waals surface area contributed by atoms with Crippen molar-refractivity contribution in [2.45, 2.75) is 25.7 Å². The number of methoxy groups -OCH3 is 1. The summed E-state index contributed by atoms with van der Waals surface area (Å²) in [6, 6.07) is 5.55. The molecule has 1 aromatic carbocycles. The zero-order chi connectivity index (χ0) is 13.4. The Hall–Kier alpha value is -1.23. The molecule has 0 aliphatic rings. The number of carbonyl (C=O) groups is 1. The van der Waals surface area contributed by atoms with Crippen LogP contribution in [0.15, 0.2) is 22.7 Å². The van der Waals surface area contributed by atoms with E-state index in [1.807, 2.05) is 18.2 Å². The molecule has 0 heterocycles. The van der Waals surface area contributed by atoms with E-state index in [1.165, 1.54) is 7.11 Å². The predicted octanol–water partition coefficient (Wildman–Crippen LogP) is 3.14. The number of esters is 1. The van der Waals surface area contributed by atoms with Gasteiger partial charge in [0.15, 0.2) is 0 Å². The van der Waals surface area contributed by atoms with E-state index in [4.69, 9.17) is 10.5 Å². The Balaban J connectivity index is 2.16. The van der Waals surface area contributed by atoms with Crippen molar-refractivity contribution < 1.29 is 14.3 Å². The van der Waals surface area contributed by atoms with Crippen LogP contribution in [0.1, 0.15) is 25.7 Å². The first-order valence-electron chi connectivity index (χ1n) is 5.88. The molecular weight excluding hydrogens is 298 g/mol. The molecule has 0 saturated heterocycles. The highest BCUT2D eigenvalue weighted by atomic mass is 79.9. The maximum atomic E-state index is 10.9. The number of ether oxygens (including phenoxy) is 2. The molecule has 4 nitrogen and oxygen atoms in total. The fraction of sp³-hybridized carbons (Fsp3) is 0.462. The zero-order valence-electron chi connectivity index (χ0n) is 10.4. The lowest BCUT2D eigenvalue weighted by Crippen LogP contribution is -2.02. The van der Waals surface area contributed by atoms with Gasteiger partial charge in [0, 0.05) is 10.9 Å². The molecule has 0 spiro atoms. The number of hydrogen-bond donors (Lipinski definition) is 1. The lowest BCUT2D eigenvalue weighted by atomic mass is 10.2. The first-order valence-corrected chi connectivity index (χ1v) is 6.67. The predicted molar refractivity (Wildman–Crippen MR) is 74.5 cm³/mol. The number of halogens is 1. The number of hydrogen-bond acceptors (Lipinski definition) is 4. The second-order valence-electron chi connectivity index (χ2n) is 3.92. The quantitative estimate of drug-likeness (QED) is 0.477. The summed E-state index contributed by atoms with van der Waals surface area (Å²) in [4.78, 5) is 10.9. The molecule has 0 saturated carbocycles. The largest absolute Gasteiger partial charge is 0.491 e. The van der Waals surface area contributed by atoms with Gasteiger partial charge < -0.3 is 15.2 Å². The standard InChI is InChI=1S/C13H18BrNO3/c1-17-13(16)5-3-2-4-8-18-12-7-6-10(14)9-11(12)15/h6-7,9H,2-5,8,15H2,1H3. The van der Waals surface area contributed by atoms with Crippen molar-refractivity contribution in [2.75, 3.05) is 19.5 Å². The average molecular weight is 316 g/mol. The summed E-state index contributed by atoms with van der Waals surface area (Å²) >= 11 is 3.34. The maximum Gasteiger partial charge on any atom is 0.305 e. The number of anilines is 1. The molecule has 0 fully saturated rings. The Bertz CT molecular complexity index is 396. The van der Waals surface area contributed by atoms with Gasteiger partial charge in [-0.25, -0.2) is 0 Å². The summed E-state index contributed by atoms with van der Waals surface area (Å²) in [6.07, 6.45) is 3.13. The fourth-order valence-corrected chi connectivity index (χ4v) is 1.86. The van der Waals surface area contributed by atoms with Crippen LogP contribution >= 0.6 is 15.9 Å². The Morgan fingerprint density at radius 2 is 2.11 bits per heavy atom. The van der Waals surface area contributed by atoms with Gasteiger partial charge >= 0.3 is 5.97 Å². The Labute approximate surface area is 116 Å². The van der Waals surface area contributed by atoms with Crippen LogP contribution in [0.5, 0.6) is 5.75 Å². The van der Waals surface area contributed by atoms with Crippen molar-refractivity contribution >= 4 is 27.6 Å². The zero-order valence-corrected chi connectivity index (χ0v) is 12.0. The van der Waals surface area contributed by atoms with Crippen molar-refractivity contribution in [1.29, 1.82) is 0 Å². The maximum absolute atomic E-state index is 10.9. The number of carbonyl (C=O) groups excluding carboxylic acids is 1. The molecule has 0 amide bonds. The van der Waals surface area contributed by atoms with Crippen LogP contribution in [0.2, 0.25) is 0 Å². The summed E-state index contributed by atoms with van der Waals surface area (Å²) in [6.45, 7) is 0.604. The highest BCUT2D eigenvalue weighted by Crippen LogP contribution is 2.25. The van der Waals surface area contributed by atoms with Gasteiger partial charge in [0.05, 0.1) is 19.4 Å². The first-order chi connectivity index (χ1) is 8.63. The van der Waals surface area contributed by atoms with Gasteiger partial charge in [-0.1, -0.05) is 15.9 Å². The smallest absolute Gasteiger partial charge is 0.305 e. The SMILES string of the molecule is COC(=O)CCCCCOc1ccc(Br)cc1N. The van der Waals surface area contributed by atoms with E-state index in [0.29, 0.717) is 24.5 Å². The summed E-state index contributed by atoms with van der Waals surface area (Å²) in [5.74, 6) is 0.541. The van der Waals surface area contributed by atoms with Crippen molar-refractivity contribution in [1.82, 2.24) is 0 Å². The first kappa shape index (κ1) is 14.8.